The zero-order valence-corrected chi connectivity index (χ0v) is 10.7. The summed E-state index contributed by atoms with van der Waals surface area (Å²) in [5.74, 6) is 0. The second-order valence-corrected chi connectivity index (χ2v) is 4.76. The van der Waals surface area contributed by atoms with Gasteiger partial charge in [-0.3, -0.25) is 0 Å². The van der Waals surface area contributed by atoms with E-state index in [1.54, 1.807) is 0 Å². The minimum atomic E-state index is 0.291. The van der Waals surface area contributed by atoms with E-state index in [0.29, 0.717) is 12.1 Å². The lowest BCUT2D eigenvalue weighted by Gasteiger charge is -2.35. The van der Waals surface area contributed by atoms with Gasteiger partial charge >= 0.3 is 0 Å². The fourth-order valence-electron chi connectivity index (χ4n) is 2.34. The van der Waals surface area contributed by atoms with Crippen LogP contribution in [-0.2, 0) is 11.2 Å². The molecule has 1 N–H and O–H groups in total. The van der Waals surface area contributed by atoms with Crippen LogP contribution >= 0.6 is 0 Å². The van der Waals surface area contributed by atoms with Gasteiger partial charge in [0.1, 0.15) is 0 Å². The number of hydrogen-bond donors (Lipinski definition) is 1. The van der Waals surface area contributed by atoms with E-state index in [1.807, 2.05) is 7.05 Å². The van der Waals surface area contributed by atoms with Gasteiger partial charge in [-0.25, -0.2) is 0 Å². The predicted molar refractivity (Wildman–Crippen MR) is 70.2 cm³/mol. The number of nitrogens with zero attached hydrogens (tertiary/aromatic N) is 1. The Hall–Kier alpha value is -0.900. The van der Waals surface area contributed by atoms with Crippen molar-refractivity contribution in [1.29, 1.82) is 0 Å². The molecular weight excluding hydrogens is 212 g/mol. The number of likely N-dealkylation sites (N-methyl/N-ethyl adjacent to an activating group) is 2. The summed E-state index contributed by atoms with van der Waals surface area (Å²) in [6, 6.07) is 11.0. The maximum absolute atomic E-state index is 5.87. The maximum Gasteiger partial charge on any atom is 0.0858 e. The normalized spacial score (nSPS) is 23.5. The number of morpholine rings is 1. The van der Waals surface area contributed by atoms with E-state index in [4.69, 9.17) is 4.74 Å². The molecule has 3 heteroatoms. The third kappa shape index (κ3) is 3.53. The van der Waals surface area contributed by atoms with Crippen LogP contribution in [0.4, 0.5) is 0 Å². The zero-order chi connectivity index (χ0) is 12.1. The molecule has 0 radical (unpaired) electrons. The Morgan fingerprint density at radius 1 is 1.41 bits per heavy atom. The van der Waals surface area contributed by atoms with Crippen molar-refractivity contribution in [2.24, 2.45) is 0 Å². The zero-order valence-electron chi connectivity index (χ0n) is 10.7. The van der Waals surface area contributed by atoms with E-state index in [-0.39, 0.29) is 0 Å². The Morgan fingerprint density at radius 2 is 2.18 bits per heavy atom. The highest BCUT2D eigenvalue weighted by atomic mass is 16.5. The summed E-state index contributed by atoms with van der Waals surface area (Å²) in [6.07, 6.45) is 1.31. The van der Waals surface area contributed by atoms with Gasteiger partial charge in [0.15, 0.2) is 0 Å². The Balaban J connectivity index is 1.96. The van der Waals surface area contributed by atoms with Crippen LogP contribution in [0.1, 0.15) is 5.56 Å². The van der Waals surface area contributed by atoms with Gasteiger partial charge in [0.05, 0.1) is 12.7 Å². The highest BCUT2D eigenvalue weighted by Gasteiger charge is 2.25. The van der Waals surface area contributed by atoms with Crippen molar-refractivity contribution >= 4 is 0 Å². The molecule has 0 spiro atoms. The summed E-state index contributed by atoms with van der Waals surface area (Å²) in [4.78, 5) is 2.34. The number of hydrogen-bond acceptors (Lipinski definition) is 3. The highest BCUT2D eigenvalue weighted by molar-refractivity contribution is 5.16. The molecule has 94 valence electrons. The van der Waals surface area contributed by atoms with Crippen LogP contribution in [0.5, 0.6) is 0 Å². The van der Waals surface area contributed by atoms with Gasteiger partial charge in [-0.05, 0) is 26.1 Å². The molecule has 0 aromatic heterocycles. The van der Waals surface area contributed by atoms with E-state index >= 15 is 0 Å². The molecule has 1 saturated heterocycles. The number of nitrogens with one attached hydrogen (secondary N) is 1. The summed E-state index contributed by atoms with van der Waals surface area (Å²) in [5.41, 5.74) is 1.36. The Kier molecular flexibility index (Phi) is 4.54. The second-order valence-electron chi connectivity index (χ2n) is 4.76. The summed E-state index contributed by atoms with van der Waals surface area (Å²) in [5, 5.41) is 3.39. The van der Waals surface area contributed by atoms with Crippen molar-refractivity contribution in [3.63, 3.8) is 0 Å². The van der Waals surface area contributed by atoms with Crippen molar-refractivity contribution in [3.05, 3.63) is 35.9 Å². The smallest absolute Gasteiger partial charge is 0.0858 e. The lowest BCUT2D eigenvalue weighted by Crippen LogP contribution is -2.51. The molecule has 17 heavy (non-hydrogen) atoms. The quantitative estimate of drug-likeness (QED) is 0.846. The van der Waals surface area contributed by atoms with E-state index in [9.17, 15) is 0 Å². The molecule has 1 fully saturated rings. The van der Waals surface area contributed by atoms with E-state index in [1.165, 1.54) is 5.56 Å². The van der Waals surface area contributed by atoms with Crippen LogP contribution in [0.25, 0.3) is 0 Å². The fraction of sp³-hybridized carbons (Fsp3) is 0.571. The van der Waals surface area contributed by atoms with Crippen LogP contribution in [0.2, 0.25) is 0 Å². The topological polar surface area (TPSA) is 24.5 Å². The van der Waals surface area contributed by atoms with Gasteiger partial charge in [-0.15, -0.1) is 0 Å². The first kappa shape index (κ1) is 12.6. The van der Waals surface area contributed by atoms with Crippen molar-refractivity contribution < 1.29 is 4.74 Å². The number of ether oxygens (including phenoxy) is 1. The average molecular weight is 234 g/mol. The molecular formula is C14H22N2O. The Morgan fingerprint density at radius 3 is 2.82 bits per heavy atom. The van der Waals surface area contributed by atoms with Crippen LogP contribution in [0.3, 0.4) is 0 Å². The summed E-state index contributed by atoms with van der Waals surface area (Å²) < 4.78 is 5.87. The monoisotopic (exact) mass is 234 g/mol. The van der Waals surface area contributed by atoms with Gasteiger partial charge in [0.2, 0.25) is 0 Å². The lowest BCUT2D eigenvalue weighted by molar-refractivity contribution is -0.0372. The SMILES string of the molecule is CNC(Cc1ccccc1)C1CN(C)CCO1. The van der Waals surface area contributed by atoms with Gasteiger partial charge in [0.25, 0.3) is 0 Å². The molecule has 1 aromatic carbocycles. The average Bonchev–Trinajstić information content (AvgIpc) is 2.37. The predicted octanol–water partition coefficient (Wildman–Crippen LogP) is 1.15. The third-order valence-corrected chi connectivity index (χ3v) is 3.41. The summed E-state index contributed by atoms with van der Waals surface area (Å²) in [6.45, 7) is 2.89. The molecule has 1 aromatic rings. The molecule has 0 amide bonds. The number of benzene rings is 1. The first-order valence-electron chi connectivity index (χ1n) is 6.31. The largest absolute Gasteiger partial charge is 0.374 e. The van der Waals surface area contributed by atoms with Crippen LogP contribution < -0.4 is 5.32 Å². The van der Waals surface area contributed by atoms with Crippen molar-refractivity contribution in [1.82, 2.24) is 10.2 Å². The van der Waals surface area contributed by atoms with Crippen molar-refractivity contribution in [2.75, 3.05) is 33.8 Å². The molecule has 2 atom stereocenters. The van der Waals surface area contributed by atoms with Crippen molar-refractivity contribution in [3.8, 4) is 0 Å². The molecule has 0 bridgehead atoms. The third-order valence-electron chi connectivity index (χ3n) is 3.41. The Labute approximate surface area is 104 Å². The van der Waals surface area contributed by atoms with Gasteiger partial charge in [0, 0.05) is 19.1 Å². The second kappa shape index (κ2) is 6.15. The summed E-state index contributed by atoms with van der Waals surface area (Å²) in [7, 11) is 4.18. The highest BCUT2D eigenvalue weighted by Crippen LogP contribution is 2.12. The molecule has 2 rings (SSSR count). The van der Waals surface area contributed by atoms with Gasteiger partial charge in [-0.2, -0.15) is 0 Å². The summed E-state index contributed by atoms with van der Waals surface area (Å²) >= 11 is 0. The standard InChI is InChI=1S/C14H22N2O/c1-15-13(10-12-6-4-3-5-7-12)14-11-16(2)8-9-17-14/h3-7,13-15H,8-11H2,1-2H3. The first-order chi connectivity index (χ1) is 8.29. The van der Waals surface area contributed by atoms with Crippen LogP contribution in [0.15, 0.2) is 30.3 Å². The van der Waals surface area contributed by atoms with Crippen LogP contribution in [-0.4, -0.2) is 50.8 Å². The van der Waals surface area contributed by atoms with Gasteiger partial charge < -0.3 is 15.0 Å². The van der Waals surface area contributed by atoms with Crippen LogP contribution in [0, 0.1) is 0 Å². The van der Waals surface area contributed by atoms with Gasteiger partial charge in [-0.1, -0.05) is 30.3 Å². The molecule has 0 aliphatic carbocycles. The van der Waals surface area contributed by atoms with E-state index in [0.717, 1.165) is 26.1 Å². The molecule has 1 heterocycles. The maximum atomic E-state index is 5.87. The molecule has 0 saturated carbocycles. The molecule has 1 aliphatic heterocycles. The van der Waals surface area contributed by atoms with E-state index < -0.39 is 0 Å². The first-order valence-corrected chi connectivity index (χ1v) is 6.31. The van der Waals surface area contributed by atoms with Crippen molar-refractivity contribution in [2.45, 2.75) is 18.6 Å². The minimum Gasteiger partial charge on any atom is -0.374 e. The molecule has 3 nitrogen and oxygen atoms in total. The van der Waals surface area contributed by atoms with E-state index in [2.05, 4.69) is 47.6 Å². The number of rotatable bonds is 4. The molecule has 1 aliphatic rings. The molecule has 2 unspecified atom stereocenters. The fourth-order valence-corrected chi connectivity index (χ4v) is 2.34. The minimum absolute atomic E-state index is 0.291. The Bertz CT molecular complexity index is 328. The lowest BCUT2D eigenvalue weighted by atomic mass is 10.0.